The monoisotopic (exact) mass is 364 g/mol. The molecule has 134 valence electrons. The lowest BCUT2D eigenvalue weighted by molar-refractivity contribution is -0.116. The summed E-state index contributed by atoms with van der Waals surface area (Å²) in [5.41, 5.74) is 2.47. The predicted octanol–water partition coefficient (Wildman–Crippen LogP) is 3.24. The molecule has 0 saturated heterocycles. The van der Waals surface area contributed by atoms with Gasteiger partial charge in [0.2, 0.25) is 15.9 Å². The van der Waals surface area contributed by atoms with Gasteiger partial charge in [-0.2, -0.15) is 0 Å². The number of hydrogen-bond donors (Lipinski definition) is 1. The smallest absolute Gasteiger partial charge is 0.247 e. The fourth-order valence-electron chi connectivity index (χ4n) is 2.70. The van der Waals surface area contributed by atoms with E-state index in [1.807, 2.05) is 19.9 Å². The molecule has 0 heterocycles. The molecule has 0 saturated carbocycles. The second-order valence-corrected chi connectivity index (χ2v) is 7.94. The molecule has 0 bridgehead atoms. The molecule has 1 amide bonds. The first-order valence-corrected chi connectivity index (χ1v) is 9.57. The number of anilines is 2. The zero-order valence-corrected chi connectivity index (χ0v) is 15.4. The summed E-state index contributed by atoms with van der Waals surface area (Å²) in [4.78, 5) is 12.5. The van der Waals surface area contributed by atoms with Crippen LogP contribution >= 0.6 is 0 Å². The highest BCUT2D eigenvalue weighted by Gasteiger charge is 2.29. The largest absolute Gasteiger partial charge is 0.324 e. The molecule has 1 atom stereocenters. The van der Waals surface area contributed by atoms with Crippen molar-refractivity contribution in [1.82, 2.24) is 0 Å². The minimum absolute atomic E-state index is 0.269. The second kappa shape index (κ2) is 7.23. The molecule has 0 aliphatic carbocycles. The van der Waals surface area contributed by atoms with Crippen LogP contribution in [-0.2, 0) is 14.8 Å². The van der Waals surface area contributed by atoms with Crippen molar-refractivity contribution in [3.8, 4) is 0 Å². The molecule has 2 aromatic carbocycles. The first-order valence-electron chi connectivity index (χ1n) is 7.72. The number of amides is 1. The quantitative estimate of drug-likeness (QED) is 0.886. The van der Waals surface area contributed by atoms with Crippen LogP contribution in [0.5, 0.6) is 0 Å². The summed E-state index contributed by atoms with van der Waals surface area (Å²) in [6.45, 7) is 5.20. The maximum atomic E-state index is 13.3. The second-order valence-electron chi connectivity index (χ2n) is 6.08. The molecule has 1 N–H and O–H groups in total. The number of nitrogens with one attached hydrogen (secondary N) is 1. The van der Waals surface area contributed by atoms with Crippen LogP contribution in [0.25, 0.3) is 0 Å². The van der Waals surface area contributed by atoms with Crippen LogP contribution < -0.4 is 9.62 Å². The fourth-order valence-corrected chi connectivity index (χ4v) is 3.86. The Morgan fingerprint density at radius 3 is 2.24 bits per heavy atom. The van der Waals surface area contributed by atoms with E-state index in [2.05, 4.69) is 5.32 Å². The molecule has 0 aliphatic heterocycles. The summed E-state index contributed by atoms with van der Waals surface area (Å²) < 4.78 is 38.9. The summed E-state index contributed by atoms with van der Waals surface area (Å²) in [6, 6.07) is 9.77. The first kappa shape index (κ1) is 18.9. The van der Waals surface area contributed by atoms with Crippen LogP contribution in [0.4, 0.5) is 15.8 Å². The molecular formula is C18H21FN2O3S. The summed E-state index contributed by atoms with van der Waals surface area (Å²) >= 11 is 0. The highest BCUT2D eigenvalue weighted by molar-refractivity contribution is 7.92. The van der Waals surface area contributed by atoms with Gasteiger partial charge in [-0.05, 0) is 62.2 Å². The molecule has 0 fully saturated rings. The molecule has 0 unspecified atom stereocenters. The number of carbonyl (C=O) groups is 1. The van der Waals surface area contributed by atoms with Gasteiger partial charge in [-0.1, -0.05) is 12.1 Å². The molecule has 0 spiro atoms. The Morgan fingerprint density at radius 1 is 1.12 bits per heavy atom. The third kappa shape index (κ3) is 4.79. The van der Waals surface area contributed by atoms with Crippen LogP contribution in [0.3, 0.4) is 0 Å². The maximum absolute atomic E-state index is 13.3. The van der Waals surface area contributed by atoms with Gasteiger partial charge in [0.05, 0.1) is 11.9 Å². The van der Waals surface area contributed by atoms with Gasteiger partial charge in [0.25, 0.3) is 0 Å². The molecule has 7 heteroatoms. The highest BCUT2D eigenvalue weighted by Crippen LogP contribution is 2.24. The lowest BCUT2D eigenvalue weighted by Crippen LogP contribution is -2.45. The Labute approximate surface area is 147 Å². The van der Waals surface area contributed by atoms with Crippen molar-refractivity contribution in [3.63, 3.8) is 0 Å². The van der Waals surface area contributed by atoms with Crippen LogP contribution in [-0.4, -0.2) is 26.6 Å². The number of rotatable bonds is 5. The summed E-state index contributed by atoms with van der Waals surface area (Å²) in [5.74, 6) is -1.03. The number of halogens is 1. The third-order valence-corrected chi connectivity index (χ3v) is 4.88. The molecule has 0 aliphatic rings. The van der Waals surface area contributed by atoms with E-state index < -0.39 is 27.8 Å². The molecule has 0 aromatic heterocycles. The van der Waals surface area contributed by atoms with Crippen molar-refractivity contribution in [2.24, 2.45) is 0 Å². The molecular weight excluding hydrogens is 343 g/mol. The van der Waals surface area contributed by atoms with E-state index in [-0.39, 0.29) is 5.69 Å². The number of nitrogens with zero attached hydrogens (tertiary/aromatic N) is 1. The highest BCUT2D eigenvalue weighted by atomic mass is 32.2. The van der Waals surface area contributed by atoms with Crippen molar-refractivity contribution in [2.75, 3.05) is 15.9 Å². The average Bonchev–Trinajstić information content (AvgIpc) is 2.44. The standard InChI is InChI=1S/C18H21FN2O3S/c1-12-8-13(2)10-17(9-12)21(25(4,23)24)14(3)18(22)20-16-7-5-6-15(19)11-16/h5-11,14H,1-4H3,(H,20,22)/t14-/m1/s1. The van der Waals surface area contributed by atoms with Gasteiger partial charge in [0.1, 0.15) is 11.9 Å². The van der Waals surface area contributed by atoms with Gasteiger partial charge in [-0.3, -0.25) is 9.10 Å². The predicted molar refractivity (Wildman–Crippen MR) is 97.7 cm³/mol. The average molecular weight is 364 g/mol. The Kier molecular flexibility index (Phi) is 5.47. The number of carbonyl (C=O) groups excluding carboxylic acids is 1. The van der Waals surface area contributed by atoms with Crippen LogP contribution in [0.1, 0.15) is 18.1 Å². The van der Waals surface area contributed by atoms with E-state index in [0.717, 1.165) is 21.7 Å². The summed E-state index contributed by atoms with van der Waals surface area (Å²) in [6.07, 6.45) is 1.05. The van der Waals surface area contributed by atoms with Crippen molar-refractivity contribution in [1.29, 1.82) is 0 Å². The van der Waals surface area contributed by atoms with E-state index in [1.165, 1.54) is 31.2 Å². The Hall–Kier alpha value is -2.41. The van der Waals surface area contributed by atoms with E-state index in [4.69, 9.17) is 0 Å². The minimum atomic E-state index is -3.70. The Balaban J connectivity index is 2.36. The molecule has 2 rings (SSSR count). The first-order chi connectivity index (χ1) is 11.6. The van der Waals surface area contributed by atoms with Crippen molar-refractivity contribution in [2.45, 2.75) is 26.8 Å². The molecule has 25 heavy (non-hydrogen) atoms. The van der Waals surface area contributed by atoms with Gasteiger partial charge in [0.15, 0.2) is 0 Å². The van der Waals surface area contributed by atoms with Crippen molar-refractivity contribution >= 4 is 27.3 Å². The number of sulfonamides is 1. The topological polar surface area (TPSA) is 66.5 Å². The van der Waals surface area contributed by atoms with Gasteiger partial charge >= 0.3 is 0 Å². The maximum Gasteiger partial charge on any atom is 0.247 e. The van der Waals surface area contributed by atoms with Gasteiger partial charge in [-0.25, -0.2) is 12.8 Å². The lowest BCUT2D eigenvalue weighted by atomic mass is 10.1. The fraction of sp³-hybridized carbons (Fsp3) is 0.278. The summed E-state index contributed by atoms with van der Waals surface area (Å²) in [5, 5.41) is 2.55. The minimum Gasteiger partial charge on any atom is -0.324 e. The molecule has 2 aromatic rings. The van der Waals surface area contributed by atoms with Gasteiger partial charge in [-0.15, -0.1) is 0 Å². The molecule has 5 nitrogen and oxygen atoms in total. The third-order valence-electron chi connectivity index (χ3n) is 3.64. The summed E-state index contributed by atoms with van der Waals surface area (Å²) in [7, 11) is -3.70. The van der Waals surface area contributed by atoms with E-state index in [1.54, 1.807) is 12.1 Å². The SMILES string of the molecule is Cc1cc(C)cc(N([C@H](C)C(=O)Nc2cccc(F)c2)S(C)(=O)=O)c1. The van der Waals surface area contributed by atoms with Crippen LogP contribution in [0.2, 0.25) is 0 Å². The van der Waals surface area contributed by atoms with E-state index in [0.29, 0.717) is 5.69 Å². The zero-order valence-electron chi connectivity index (χ0n) is 14.6. The number of benzene rings is 2. The van der Waals surface area contributed by atoms with E-state index in [9.17, 15) is 17.6 Å². The Bertz CT molecular complexity index is 877. The number of hydrogen-bond acceptors (Lipinski definition) is 3. The van der Waals surface area contributed by atoms with Crippen LogP contribution in [0, 0.1) is 19.7 Å². The van der Waals surface area contributed by atoms with Crippen LogP contribution in [0.15, 0.2) is 42.5 Å². The van der Waals surface area contributed by atoms with E-state index >= 15 is 0 Å². The normalized spacial score (nSPS) is 12.5. The molecule has 0 radical (unpaired) electrons. The Morgan fingerprint density at radius 2 is 1.72 bits per heavy atom. The van der Waals surface area contributed by atoms with Gasteiger partial charge in [0, 0.05) is 5.69 Å². The van der Waals surface area contributed by atoms with Crippen molar-refractivity contribution < 1.29 is 17.6 Å². The zero-order chi connectivity index (χ0) is 18.8. The van der Waals surface area contributed by atoms with Gasteiger partial charge < -0.3 is 5.32 Å². The van der Waals surface area contributed by atoms with Crippen molar-refractivity contribution in [3.05, 3.63) is 59.4 Å². The number of aryl methyl sites for hydroxylation is 2. The lowest BCUT2D eigenvalue weighted by Gasteiger charge is -2.28.